The van der Waals surface area contributed by atoms with Crippen LogP contribution in [0.15, 0.2) is 24.3 Å². The Bertz CT molecular complexity index is 605. The Labute approximate surface area is 109 Å². The van der Waals surface area contributed by atoms with Crippen LogP contribution in [0.5, 0.6) is 0 Å². The summed E-state index contributed by atoms with van der Waals surface area (Å²) in [5.41, 5.74) is 12.0. The first-order chi connectivity index (χ1) is 8.77. The summed E-state index contributed by atoms with van der Waals surface area (Å²) >= 11 is 0. The minimum Gasteiger partial charge on any atom is -0.369 e. The standard InChI is InChI=1S/C7H7N3.C2H4N2.H2O4S/c8-7-9-5-3-1-2-4-6(5)10-7;3-1-2-4;1-5(2,3)4/h1-4H,(H3,8,9,10);1,3H2;(H2,1,2,3,4). The number of aromatic nitrogens is 2. The third-order valence-corrected chi connectivity index (χ3v) is 1.50. The number of hydrogen-bond donors (Lipinski definition) is 5. The number of H-pyrrole nitrogens is 1. The van der Waals surface area contributed by atoms with E-state index in [1.165, 1.54) is 0 Å². The van der Waals surface area contributed by atoms with Gasteiger partial charge in [0.05, 0.1) is 23.6 Å². The highest BCUT2D eigenvalue weighted by molar-refractivity contribution is 7.79. The predicted molar refractivity (Wildman–Crippen MR) is 69.4 cm³/mol. The van der Waals surface area contributed by atoms with Crippen molar-refractivity contribution in [3.63, 3.8) is 0 Å². The van der Waals surface area contributed by atoms with Crippen LogP contribution in [0.25, 0.3) is 11.0 Å². The molecule has 0 spiro atoms. The molecule has 0 saturated heterocycles. The molecule has 0 unspecified atom stereocenters. The summed E-state index contributed by atoms with van der Waals surface area (Å²) < 4.78 is 31.6. The van der Waals surface area contributed by atoms with Gasteiger partial charge in [-0.1, -0.05) is 12.1 Å². The van der Waals surface area contributed by atoms with Gasteiger partial charge in [-0.3, -0.25) is 9.11 Å². The number of benzene rings is 1. The molecular weight excluding hydrogens is 274 g/mol. The SMILES string of the molecule is N#CCN.Nc1nc2ccccc2[nH]1.O=S(=O)(O)O. The van der Waals surface area contributed by atoms with Gasteiger partial charge in [-0.05, 0) is 12.1 Å². The molecule has 7 N–H and O–H groups in total. The molecule has 104 valence electrons. The fourth-order valence-corrected chi connectivity index (χ4v) is 0.973. The number of nitrogens with two attached hydrogens (primary N) is 2. The molecule has 0 bridgehead atoms. The smallest absolute Gasteiger partial charge is 0.369 e. The van der Waals surface area contributed by atoms with Crippen molar-refractivity contribution < 1.29 is 17.5 Å². The number of para-hydroxylation sites is 2. The van der Waals surface area contributed by atoms with Gasteiger partial charge in [0.2, 0.25) is 0 Å². The molecule has 9 nitrogen and oxygen atoms in total. The first-order valence-electron chi connectivity index (χ1n) is 4.75. The maximum Gasteiger partial charge on any atom is 0.394 e. The number of rotatable bonds is 0. The Balaban J connectivity index is 0.000000307. The Kier molecular flexibility index (Phi) is 7.08. The van der Waals surface area contributed by atoms with Crippen molar-refractivity contribution in [2.24, 2.45) is 5.73 Å². The second kappa shape index (κ2) is 8.01. The first kappa shape index (κ1) is 16.8. The van der Waals surface area contributed by atoms with Gasteiger partial charge in [0, 0.05) is 0 Å². The van der Waals surface area contributed by atoms with Crippen molar-refractivity contribution >= 4 is 27.4 Å². The molecule has 0 aliphatic carbocycles. The molecule has 1 aromatic carbocycles. The highest BCUT2D eigenvalue weighted by atomic mass is 32.3. The summed E-state index contributed by atoms with van der Waals surface area (Å²) in [5.74, 6) is 0.473. The van der Waals surface area contributed by atoms with E-state index >= 15 is 0 Å². The molecule has 2 rings (SSSR count). The van der Waals surface area contributed by atoms with E-state index in [1.807, 2.05) is 24.3 Å². The average Bonchev–Trinajstić information content (AvgIpc) is 2.67. The molecule has 0 aliphatic heterocycles. The molecule has 0 radical (unpaired) electrons. The van der Waals surface area contributed by atoms with Crippen LogP contribution in [0.3, 0.4) is 0 Å². The van der Waals surface area contributed by atoms with Crippen LogP contribution in [-0.2, 0) is 10.4 Å². The second-order valence-corrected chi connectivity index (χ2v) is 3.84. The lowest BCUT2D eigenvalue weighted by molar-refractivity contribution is 0.381. The zero-order valence-corrected chi connectivity index (χ0v) is 10.5. The third kappa shape index (κ3) is 9.51. The Morgan fingerprint density at radius 2 is 1.84 bits per heavy atom. The Morgan fingerprint density at radius 1 is 1.37 bits per heavy atom. The lowest BCUT2D eigenvalue weighted by Crippen LogP contribution is -1.91. The van der Waals surface area contributed by atoms with E-state index in [0.717, 1.165) is 11.0 Å². The minimum absolute atomic E-state index is 0.125. The lowest BCUT2D eigenvalue weighted by atomic mass is 10.3. The zero-order valence-electron chi connectivity index (χ0n) is 9.68. The number of anilines is 1. The van der Waals surface area contributed by atoms with Crippen LogP contribution in [-0.4, -0.2) is 34.0 Å². The van der Waals surface area contributed by atoms with E-state index < -0.39 is 10.4 Å². The highest BCUT2D eigenvalue weighted by Gasteiger charge is 1.94. The zero-order chi connectivity index (χ0) is 14.9. The molecule has 0 atom stereocenters. The van der Waals surface area contributed by atoms with E-state index in [0.29, 0.717) is 5.95 Å². The molecular formula is C9H13N5O4S. The number of nitrogen functional groups attached to an aromatic ring is 1. The molecule has 10 heteroatoms. The predicted octanol–water partition coefficient (Wildman–Crippen LogP) is -0.0390. The summed E-state index contributed by atoms with van der Waals surface area (Å²) in [7, 11) is -4.67. The van der Waals surface area contributed by atoms with Crippen molar-refractivity contribution in [2.75, 3.05) is 12.3 Å². The van der Waals surface area contributed by atoms with Crippen LogP contribution in [0, 0.1) is 11.3 Å². The van der Waals surface area contributed by atoms with Crippen LogP contribution < -0.4 is 11.5 Å². The van der Waals surface area contributed by atoms with Crippen LogP contribution in [0.4, 0.5) is 5.95 Å². The maximum absolute atomic E-state index is 8.74. The van der Waals surface area contributed by atoms with E-state index in [9.17, 15) is 0 Å². The van der Waals surface area contributed by atoms with Crippen LogP contribution in [0.1, 0.15) is 0 Å². The second-order valence-electron chi connectivity index (χ2n) is 2.95. The number of fused-ring (bicyclic) bond motifs is 1. The summed E-state index contributed by atoms with van der Waals surface area (Å²) in [6, 6.07) is 9.45. The number of imidazole rings is 1. The molecule has 0 aliphatic rings. The van der Waals surface area contributed by atoms with Gasteiger partial charge in [-0.25, -0.2) is 4.98 Å². The monoisotopic (exact) mass is 287 g/mol. The fourth-order valence-electron chi connectivity index (χ4n) is 0.973. The summed E-state index contributed by atoms with van der Waals surface area (Å²) in [4.78, 5) is 6.96. The van der Waals surface area contributed by atoms with Gasteiger partial charge in [0.25, 0.3) is 0 Å². The summed E-state index contributed by atoms with van der Waals surface area (Å²) in [5, 5.41) is 7.50. The highest BCUT2D eigenvalue weighted by Crippen LogP contribution is 2.10. The number of aromatic amines is 1. The average molecular weight is 287 g/mol. The van der Waals surface area contributed by atoms with Gasteiger partial charge >= 0.3 is 10.4 Å². The molecule has 0 amide bonds. The number of nitriles is 1. The van der Waals surface area contributed by atoms with Crippen molar-refractivity contribution in [2.45, 2.75) is 0 Å². The van der Waals surface area contributed by atoms with Gasteiger partial charge in [-0.15, -0.1) is 0 Å². The van der Waals surface area contributed by atoms with E-state index in [1.54, 1.807) is 6.07 Å². The van der Waals surface area contributed by atoms with Crippen LogP contribution in [0.2, 0.25) is 0 Å². The van der Waals surface area contributed by atoms with Gasteiger partial charge in [0.1, 0.15) is 0 Å². The normalized spacial score (nSPS) is 9.58. The number of hydrogen-bond acceptors (Lipinski definition) is 6. The largest absolute Gasteiger partial charge is 0.394 e. The molecule has 1 aromatic heterocycles. The van der Waals surface area contributed by atoms with Crippen molar-refractivity contribution in [1.29, 1.82) is 5.26 Å². The van der Waals surface area contributed by atoms with E-state index in [-0.39, 0.29) is 6.54 Å². The first-order valence-corrected chi connectivity index (χ1v) is 6.14. The Morgan fingerprint density at radius 3 is 2.26 bits per heavy atom. The molecule has 19 heavy (non-hydrogen) atoms. The van der Waals surface area contributed by atoms with Crippen LogP contribution >= 0.6 is 0 Å². The van der Waals surface area contributed by atoms with Crippen molar-refractivity contribution in [3.05, 3.63) is 24.3 Å². The fraction of sp³-hybridized carbons (Fsp3) is 0.111. The number of nitrogens with zero attached hydrogens (tertiary/aromatic N) is 2. The van der Waals surface area contributed by atoms with Gasteiger partial charge < -0.3 is 16.5 Å². The topological polar surface area (TPSA) is 179 Å². The third-order valence-electron chi connectivity index (χ3n) is 1.50. The number of nitrogens with one attached hydrogen (secondary N) is 1. The van der Waals surface area contributed by atoms with E-state index in [2.05, 4.69) is 15.7 Å². The summed E-state index contributed by atoms with van der Waals surface area (Å²) in [6.45, 7) is 0.125. The molecule has 1 heterocycles. The molecule has 0 fully saturated rings. The Hall–Kier alpha value is -2.19. The lowest BCUT2D eigenvalue weighted by Gasteiger charge is -1.81. The maximum atomic E-state index is 8.74. The van der Waals surface area contributed by atoms with Crippen molar-refractivity contribution in [1.82, 2.24) is 9.97 Å². The minimum atomic E-state index is -4.67. The quantitative estimate of drug-likeness (QED) is 0.330. The van der Waals surface area contributed by atoms with Gasteiger partial charge in [0.15, 0.2) is 5.95 Å². The molecule has 0 saturated carbocycles. The van der Waals surface area contributed by atoms with Crippen molar-refractivity contribution in [3.8, 4) is 6.07 Å². The van der Waals surface area contributed by atoms with E-state index in [4.69, 9.17) is 28.5 Å². The summed E-state index contributed by atoms with van der Waals surface area (Å²) in [6.07, 6.45) is 0. The molecule has 2 aromatic rings. The van der Waals surface area contributed by atoms with Gasteiger partial charge in [-0.2, -0.15) is 13.7 Å².